The van der Waals surface area contributed by atoms with Crippen molar-refractivity contribution in [2.75, 3.05) is 11.5 Å². The van der Waals surface area contributed by atoms with Crippen LogP contribution in [0.5, 0.6) is 0 Å². The maximum Gasteiger partial charge on any atom is 0.230 e. The van der Waals surface area contributed by atoms with Crippen molar-refractivity contribution in [2.24, 2.45) is 0 Å². The van der Waals surface area contributed by atoms with E-state index in [-0.39, 0.29) is 29.1 Å². The van der Waals surface area contributed by atoms with Crippen molar-refractivity contribution in [1.29, 1.82) is 5.26 Å². The lowest BCUT2D eigenvalue weighted by atomic mass is 10.1. The number of rotatable bonds is 8. The Labute approximate surface area is 129 Å². The first kappa shape index (κ1) is 17.2. The van der Waals surface area contributed by atoms with Gasteiger partial charge in [-0.3, -0.25) is 4.79 Å². The fraction of sp³-hybridized carbons (Fsp3) is 0.571. The van der Waals surface area contributed by atoms with Crippen molar-refractivity contribution in [3.8, 4) is 6.07 Å². The van der Waals surface area contributed by atoms with Gasteiger partial charge in [0.2, 0.25) is 5.91 Å². The summed E-state index contributed by atoms with van der Waals surface area (Å²) in [5, 5.41) is 12.1. The number of hydrogen-bond donors (Lipinski definition) is 2. The summed E-state index contributed by atoms with van der Waals surface area (Å²) < 4.78 is 0. The summed E-state index contributed by atoms with van der Waals surface area (Å²) in [5.41, 5.74) is 5.84. The number of aromatic nitrogens is 2. The number of nitrogens with one attached hydrogen (secondary N) is 1. The number of nitrogens with two attached hydrogens (primary N) is 1. The van der Waals surface area contributed by atoms with Gasteiger partial charge in [0.15, 0.2) is 5.16 Å². The van der Waals surface area contributed by atoms with E-state index in [1.165, 1.54) is 30.8 Å². The smallest absolute Gasteiger partial charge is 0.230 e. The molecule has 1 rings (SSSR count). The SMILES string of the molecule is CCCCC[C@@H](C)NC(=O)CSc1ncc(C#N)c(N)n1. The molecule has 1 atom stereocenters. The highest BCUT2D eigenvalue weighted by Gasteiger charge is 2.10. The van der Waals surface area contributed by atoms with Crippen molar-refractivity contribution in [3.63, 3.8) is 0 Å². The Morgan fingerprint density at radius 2 is 2.33 bits per heavy atom. The van der Waals surface area contributed by atoms with Crippen LogP contribution in [0.2, 0.25) is 0 Å². The third-order valence-corrected chi connectivity index (χ3v) is 3.76. The largest absolute Gasteiger partial charge is 0.382 e. The summed E-state index contributed by atoms with van der Waals surface area (Å²) in [7, 11) is 0. The number of carbonyl (C=O) groups is 1. The standard InChI is InChI=1S/C14H21N5OS/c1-3-4-5-6-10(2)18-12(20)9-21-14-17-8-11(7-15)13(16)19-14/h8,10H,3-6,9H2,1-2H3,(H,18,20)(H2,16,17,19)/t10-/m1/s1. The number of unbranched alkanes of at least 4 members (excludes halogenated alkanes) is 2. The summed E-state index contributed by atoms with van der Waals surface area (Å²) in [6.45, 7) is 4.16. The molecule has 0 aliphatic rings. The third kappa shape index (κ3) is 6.45. The summed E-state index contributed by atoms with van der Waals surface area (Å²) in [5.74, 6) is 0.336. The predicted octanol–water partition coefficient (Wildman–Crippen LogP) is 2.11. The molecule has 0 fully saturated rings. The van der Waals surface area contributed by atoms with Gasteiger partial charge in [0, 0.05) is 6.04 Å². The fourth-order valence-corrected chi connectivity index (χ4v) is 2.39. The van der Waals surface area contributed by atoms with Crippen LogP contribution in [0.15, 0.2) is 11.4 Å². The zero-order valence-corrected chi connectivity index (χ0v) is 13.2. The Bertz CT molecular complexity index is 515. The van der Waals surface area contributed by atoms with E-state index in [1.54, 1.807) is 0 Å². The monoisotopic (exact) mass is 307 g/mol. The van der Waals surface area contributed by atoms with E-state index in [2.05, 4.69) is 22.2 Å². The lowest BCUT2D eigenvalue weighted by Crippen LogP contribution is -2.33. The molecule has 0 spiro atoms. The van der Waals surface area contributed by atoms with E-state index in [9.17, 15) is 4.79 Å². The predicted molar refractivity (Wildman–Crippen MR) is 83.6 cm³/mol. The van der Waals surface area contributed by atoms with Crippen LogP contribution in [0.25, 0.3) is 0 Å². The number of anilines is 1. The minimum atomic E-state index is -0.0458. The molecule has 1 amide bonds. The molecule has 0 aromatic carbocycles. The van der Waals surface area contributed by atoms with Gasteiger partial charge in [0.25, 0.3) is 0 Å². The van der Waals surface area contributed by atoms with Crippen molar-refractivity contribution in [2.45, 2.75) is 50.7 Å². The molecule has 1 heterocycles. The first-order chi connectivity index (χ1) is 10.1. The molecule has 0 aliphatic carbocycles. The Morgan fingerprint density at radius 3 is 2.95 bits per heavy atom. The van der Waals surface area contributed by atoms with Crippen LogP contribution in [0, 0.1) is 11.3 Å². The number of nitriles is 1. The molecular formula is C14H21N5OS. The summed E-state index contributed by atoms with van der Waals surface area (Å²) in [4.78, 5) is 19.8. The molecule has 1 aromatic heterocycles. The van der Waals surface area contributed by atoms with Crippen LogP contribution < -0.4 is 11.1 Å². The zero-order valence-electron chi connectivity index (χ0n) is 12.4. The van der Waals surface area contributed by atoms with Gasteiger partial charge >= 0.3 is 0 Å². The van der Waals surface area contributed by atoms with Crippen LogP contribution in [-0.2, 0) is 4.79 Å². The van der Waals surface area contributed by atoms with Gasteiger partial charge in [0.1, 0.15) is 17.5 Å². The van der Waals surface area contributed by atoms with E-state index in [1.807, 2.05) is 13.0 Å². The second-order valence-corrected chi connectivity index (χ2v) is 5.76. The van der Waals surface area contributed by atoms with Gasteiger partial charge in [-0.15, -0.1) is 0 Å². The van der Waals surface area contributed by atoms with Crippen LogP contribution in [0.4, 0.5) is 5.82 Å². The van der Waals surface area contributed by atoms with Gasteiger partial charge in [-0.25, -0.2) is 9.97 Å². The highest BCUT2D eigenvalue weighted by Crippen LogP contribution is 2.15. The normalized spacial score (nSPS) is 11.7. The van der Waals surface area contributed by atoms with E-state index >= 15 is 0 Å². The Balaban J connectivity index is 2.36. The summed E-state index contributed by atoms with van der Waals surface area (Å²) in [6, 6.07) is 2.08. The molecule has 0 bridgehead atoms. The number of amides is 1. The molecule has 0 saturated carbocycles. The molecule has 0 unspecified atom stereocenters. The maximum absolute atomic E-state index is 11.8. The molecular weight excluding hydrogens is 286 g/mol. The second-order valence-electron chi connectivity index (χ2n) is 4.82. The number of thioether (sulfide) groups is 1. The molecule has 0 aliphatic heterocycles. The first-order valence-electron chi connectivity index (χ1n) is 7.01. The van der Waals surface area contributed by atoms with Crippen LogP contribution in [0.3, 0.4) is 0 Å². The summed E-state index contributed by atoms with van der Waals surface area (Å²) in [6.07, 6.45) is 5.85. The van der Waals surface area contributed by atoms with Crippen LogP contribution >= 0.6 is 11.8 Å². The highest BCUT2D eigenvalue weighted by atomic mass is 32.2. The number of hydrogen-bond acceptors (Lipinski definition) is 6. The molecule has 21 heavy (non-hydrogen) atoms. The number of carbonyl (C=O) groups excluding carboxylic acids is 1. The van der Waals surface area contributed by atoms with Gasteiger partial charge < -0.3 is 11.1 Å². The zero-order chi connectivity index (χ0) is 15.7. The molecule has 0 saturated heterocycles. The Hall–Kier alpha value is -1.81. The first-order valence-corrected chi connectivity index (χ1v) is 8.00. The topological polar surface area (TPSA) is 105 Å². The minimum absolute atomic E-state index is 0.0458. The fourth-order valence-electron chi connectivity index (χ4n) is 1.75. The van der Waals surface area contributed by atoms with E-state index in [0.29, 0.717) is 5.16 Å². The second kappa shape index (κ2) is 9.19. The van der Waals surface area contributed by atoms with Crippen LogP contribution in [0.1, 0.15) is 45.1 Å². The van der Waals surface area contributed by atoms with Crippen molar-refractivity contribution in [3.05, 3.63) is 11.8 Å². The lowest BCUT2D eigenvalue weighted by molar-refractivity contribution is -0.119. The molecule has 1 aromatic rings. The minimum Gasteiger partial charge on any atom is -0.382 e. The molecule has 114 valence electrons. The van der Waals surface area contributed by atoms with Crippen molar-refractivity contribution < 1.29 is 4.79 Å². The lowest BCUT2D eigenvalue weighted by Gasteiger charge is -2.13. The number of nitrogens with zero attached hydrogens (tertiary/aromatic N) is 3. The van der Waals surface area contributed by atoms with E-state index in [4.69, 9.17) is 11.0 Å². The molecule has 7 heteroatoms. The van der Waals surface area contributed by atoms with Gasteiger partial charge in [-0.1, -0.05) is 37.9 Å². The quantitative estimate of drug-likeness (QED) is 0.433. The van der Waals surface area contributed by atoms with E-state index < -0.39 is 0 Å². The maximum atomic E-state index is 11.8. The third-order valence-electron chi connectivity index (χ3n) is 2.90. The van der Waals surface area contributed by atoms with Gasteiger partial charge in [-0.2, -0.15) is 5.26 Å². The average Bonchev–Trinajstić information content (AvgIpc) is 2.45. The molecule has 0 radical (unpaired) electrons. The van der Waals surface area contributed by atoms with Crippen molar-refractivity contribution >= 4 is 23.5 Å². The Morgan fingerprint density at radius 1 is 1.57 bits per heavy atom. The summed E-state index contributed by atoms with van der Waals surface area (Å²) >= 11 is 1.21. The number of nitrogen functional groups attached to an aromatic ring is 1. The molecule has 3 N–H and O–H groups in total. The van der Waals surface area contributed by atoms with Gasteiger partial charge in [-0.05, 0) is 13.3 Å². The van der Waals surface area contributed by atoms with Crippen LogP contribution in [-0.4, -0.2) is 27.7 Å². The highest BCUT2D eigenvalue weighted by molar-refractivity contribution is 7.99. The van der Waals surface area contributed by atoms with E-state index in [0.717, 1.165) is 12.8 Å². The molecule has 6 nitrogen and oxygen atoms in total. The van der Waals surface area contributed by atoms with Gasteiger partial charge in [0.05, 0.1) is 11.9 Å². The average molecular weight is 307 g/mol. The Kier molecular flexibility index (Phi) is 7.54. The van der Waals surface area contributed by atoms with Crippen molar-refractivity contribution in [1.82, 2.24) is 15.3 Å².